The first kappa shape index (κ1) is 29.1. The fraction of sp³-hybridized carbons (Fsp3) is 0.690. The van der Waals surface area contributed by atoms with E-state index in [0.717, 1.165) is 31.7 Å². The zero-order chi connectivity index (χ0) is 28.5. The molecule has 10 heteroatoms. The number of halogens is 2. The molecule has 1 aromatic carbocycles. The highest BCUT2D eigenvalue weighted by Gasteiger charge is 2.51. The first-order valence-electron chi connectivity index (χ1n) is 13.9. The van der Waals surface area contributed by atoms with E-state index in [1.807, 2.05) is 0 Å². The maximum atomic E-state index is 14.9. The molecule has 4 rings (SSSR count). The Morgan fingerprint density at radius 2 is 1.77 bits per heavy atom. The summed E-state index contributed by atoms with van der Waals surface area (Å²) in [5, 5.41) is 15.2. The molecule has 3 aliphatic rings. The van der Waals surface area contributed by atoms with E-state index in [9.17, 15) is 23.2 Å². The van der Waals surface area contributed by atoms with Gasteiger partial charge in [-0.15, -0.1) is 0 Å². The number of fused-ring (bicyclic) bond motifs is 2. The molecule has 0 saturated heterocycles. The number of alkyl halides is 1. The number of amides is 2. The summed E-state index contributed by atoms with van der Waals surface area (Å²) in [4.78, 5) is 37.9. The molecule has 3 aliphatic carbocycles. The first-order valence-corrected chi connectivity index (χ1v) is 13.9. The van der Waals surface area contributed by atoms with Gasteiger partial charge in [0.15, 0.2) is 11.6 Å². The van der Waals surface area contributed by atoms with Gasteiger partial charge in [0.25, 0.3) is 5.91 Å². The second-order valence-electron chi connectivity index (χ2n) is 12.2. The van der Waals surface area contributed by atoms with Crippen LogP contribution in [0.4, 0.5) is 8.78 Å². The topological polar surface area (TPSA) is 114 Å². The van der Waals surface area contributed by atoms with Gasteiger partial charge in [0.1, 0.15) is 5.75 Å². The molecule has 0 aromatic heterocycles. The van der Waals surface area contributed by atoms with Crippen molar-refractivity contribution in [2.75, 3.05) is 13.7 Å². The Balaban J connectivity index is 1.48. The predicted molar refractivity (Wildman–Crippen MR) is 140 cm³/mol. The standard InChI is InChI=1S/C29H40F2N2O6/c1-5-28(2,3)15-32-26(35)23-16-6-7-17(12-16)24(23)33-25(34)19-13-22(20(30)14-21(19)38-4)39-18-8-10-29(31,11-9-18)27(36)37/h13-14,16-18,23-24H,5-12,15H2,1-4H3,(H,32,35)(H,33,34)(H,36,37)/t16-,17+,18?,23+,24-,29?/m1/s1. The number of carbonyl (C=O) groups is 3. The number of rotatable bonds is 10. The molecule has 4 atom stereocenters. The molecule has 39 heavy (non-hydrogen) atoms. The Kier molecular flexibility index (Phi) is 8.42. The third kappa shape index (κ3) is 6.14. The van der Waals surface area contributed by atoms with Gasteiger partial charge < -0.3 is 25.2 Å². The molecule has 1 aromatic rings. The minimum Gasteiger partial charge on any atom is -0.496 e. The van der Waals surface area contributed by atoms with Crippen molar-refractivity contribution in [1.29, 1.82) is 0 Å². The lowest BCUT2D eigenvalue weighted by Crippen LogP contribution is -2.50. The summed E-state index contributed by atoms with van der Waals surface area (Å²) in [6, 6.07) is 2.00. The Labute approximate surface area is 228 Å². The Bertz CT molecular complexity index is 1100. The number of carboxylic acid groups (broad SMARTS) is 1. The molecular formula is C29H40F2N2O6. The minimum absolute atomic E-state index is 0.0262. The largest absolute Gasteiger partial charge is 0.496 e. The molecule has 2 bridgehead atoms. The molecule has 8 nitrogen and oxygen atoms in total. The van der Waals surface area contributed by atoms with Crippen LogP contribution in [0.5, 0.6) is 11.5 Å². The monoisotopic (exact) mass is 550 g/mol. The Hall–Kier alpha value is -2.91. The molecule has 3 fully saturated rings. The average molecular weight is 551 g/mol. The number of ether oxygens (including phenoxy) is 2. The van der Waals surface area contributed by atoms with Crippen LogP contribution in [-0.2, 0) is 9.59 Å². The van der Waals surface area contributed by atoms with Crippen LogP contribution in [0.3, 0.4) is 0 Å². The number of hydrogen-bond donors (Lipinski definition) is 3. The number of hydrogen-bond acceptors (Lipinski definition) is 5. The fourth-order valence-corrected chi connectivity index (χ4v) is 6.21. The van der Waals surface area contributed by atoms with Gasteiger partial charge in [0.2, 0.25) is 11.6 Å². The Morgan fingerprint density at radius 3 is 2.38 bits per heavy atom. The molecule has 3 N–H and O–H groups in total. The first-order chi connectivity index (χ1) is 18.4. The van der Waals surface area contributed by atoms with Gasteiger partial charge in [0, 0.05) is 18.7 Å². The van der Waals surface area contributed by atoms with Crippen LogP contribution < -0.4 is 20.1 Å². The summed E-state index contributed by atoms with van der Waals surface area (Å²) in [5.41, 5.74) is -2.26. The van der Waals surface area contributed by atoms with Crippen LogP contribution in [0.25, 0.3) is 0 Å². The fourth-order valence-electron chi connectivity index (χ4n) is 6.21. The summed E-state index contributed by atoms with van der Waals surface area (Å²) >= 11 is 0. The SMILES string of the molecule is CCC(C)(C)CNC(=O)[C@H]1[C@@H]2CC[C@@H](C2)[C@H]1NC(=O)c1cc(OC2CCC(F)(C(=O)O)CC2)c(F)cc1OC. The Morgan fingerprint density at radius 1 is 1.10 bits per heavy atom. The zero-order valence-corrected chi connectivity index (χ0v) is 23.1. The van der Waals surface area contributed by atoms with Crippen molar-refractivity contribution in [2.24, 2.45) is 23.2 Å². The molecule has 0 radical (unpaired) electrons. The van der Waals surface area contributed by atoms with E-state index < -0.39 is 29.5 Å². The van der Waals surface area contributed by atoms with Crippen LogP contribution in [0, 0.1) is 29.0 Å². The number of carbonyl (C=O) groups excluding carboxylic acids is 2. The van der Waals surface area contributed by atoms with Gasteiger partial charge in [0.05, 0.1) is 24.7 Å². The van der Waals surface area contributed by atoms with Crippen LogP contribution in [0.15, 0.2) is 12.1 Å². The van der Waals surface area contributed by atoms with E-state index >= 15 is 0 Å². The molecular weight excluding hydrogens is 510 g/mol. The molecule has 0 spiro atoms. The van der Waals surface area contributed by atoms with Crippen molar-refractivity contribution in [3.05, 3.63) is 23.5 Å². The van der Waals surface area contributed by atoms with E-state index in [2.05, 4.69) is 31.4 Å². The summed E-state index contributed by atoms with van der Waals surface area (Å²) < 4.78 is 40.3. The van der Waals surface area contributed by atoms with Gasteiger partial charge >= 0.3 is 5.97 Å². The van der Waals surface area contributed by atoms with Crippen molar-refractivity contribution >= 4 is 17.8 Å². The van der Waals surface area contributed by atoms with Gasteiger partial charge in [-0.05, 0) is 74.7 Å². The van der Waals surface area contributed by atoms with Crippen molar-refractivity contribution in [1.82, 2.24) is 10.6 Å². The second kappa shape index (κ2) is 11.3. The lowest BCUT2D eigenvalue weighted by molar-refractivity contribution is -0.154. The number of nitrogens with one attached hydrogen (secondary N) is 2. The molecule has 0 heterocycles. The highest BCUT2D eigenvalue weighted by atomic mass is 19.1. The number of aliphatic carboxylic acids is 1. The molecule has 3 saturated carbocycles. The van der Waals surface area contributed by atoms with Crippen LogP contribution in [0.2, 0.25) is 0 Å². The van der Waals surface area contributed by atoms with Crippen LogP contribution >= 0.6 is 0 Å². The van der Waals surface area contributed by atoms with Crippen molar-refractivity contribution in [3.8, 4) is 11.5 Å². The lowest BCUT2D eigenvalue weighted by atomic mass is 9.83. The molecule has 2 amide bonds. The van der Waals surface area contributed by atoms with Crippen molar-refractivity contribution in [2.45, 2.75) is 90.0 Å². The predicted octanol–water partition coefficient (Wildman–Crippen LogP) is 4.65. The van der Waals surface area contributed by atoms with E-state index in [0.29, 0.717) is 6.54 Å². The highest BCUT2D eigenvalue weighted by molar-refractivity contribution is 5.98. The number of carboxylic acids is 1. The maximum absolute atomic E-state index is 14.9. The third-order valence-electron chi connectivity index (χ3n) is 9.12. The van der Waals surface area contributed by atoms with Gasteiger partial charge in [-0.25, -0.2) is 13.6 Å². The quantitative estimate of drug-likeness (QED) is 0.391. The van der Waals surface area contributed by atoms with Gasteiger partial charge in [-0.1, -0.05) is 20.8 Å². The number of benzene rings is 1. The lowest BCUT2D eigenvalue weighted by Gasteiger charge is -2.32. The average Bonchev–Trinajstić information content (AvgIpc) is 3.51. The van der Waals surface area contributed by atoms with E-state index in [4.69, 9.17) is 14.6 Å². The minimum atomic E-state index is -2.31. The molecule has 0 unspecified atom stereocenters. The number of methoxy groups -OCH3 is 1. The van der Waals surface area contributed by atoms with E-state index in [1.165, 1.54) is 13.2 Å². The highest BCUT2D eigenvalue weighted by Crippen LogP contribution is 2.49. The van der Waals surface area contributed by atoms with E-state index in [-0.39, 0.29) is 77.9 Å². The maximum Gasteiger partial charge on any atom is 0.341 e. The second-order valence-corrected chi connectivity index (χ2v) is 12.2. The summed E-state index contributed by atoms with van der Waals surface area (Å²) in [7, 11) is 1.34. The van der Waals surface area contributed by atoms with Gasteiger partial charge in [-0.3, -0.25) is 9.59 Å². The van der Waals surface area contributed by atoms with Gasteiger partial charge in [-0.2, -0.15) is 0 Å². The van der Waals surface area contributed by atoms with Crippen molar-refractivity contribution in [3.63, 3.8) is 0 Å². The van der Waals surface area contributed by atoms with Crippen LogP contribution in [-0.4, -0.2) is 54.4 Å². The zero-order valence-electron chi connectivity index (χ0n) is 23.1. The van der Waals surface area contributed by atoms with E-state index in [1.54, 1.807) is 0 Å². The summed E-state index contributed by atoms with van der Waals surface area (Å²) in [6.45, 7) is 6.84. The molecule has 0 aliphatic heterocycles. The smallest absolute Gasteiger partial charge is 0.341 e. The van der Waals surface area contributed by atoms with Crippen molar-refractivity contribution < 1.29 is 37.7 Å². The third-order valence-corrected chi connectivity index (χ3v) is 9.12. The molecule has 216 valence electrons. The van der Waals surface area contributed by atoms with Crippen LogP contribution in [0.1, 0.15) is 82.5 Å². The summed E-state index contributed by atoms with van der Waals surface area (Å²) in [6.07, 6.45) is 2.84. The summed E-state index contributed by atoms with van der Waals surface area (Å²) in [5.74, 6) is -2.87. The normalized spacial score (nSPS) is 30.1.